The third kappa shape index (κ3) is 4.10. The molecule has 1 aromatic carbocycles. The number of ether oxygens (including phenoxy) is 2. The van der Waals surface area contributed by atoms with Gasteiger partial charge in [-0.05, 0) is 42.5 Å². The van der Waals surface area contributed by atoms with Gasteiger partial charge in [-0.25, -0.2) is 0 Å². The molecule has 1 atom stereocenters. The number of benzene rings is 1. The quantitative estimate of drug-likeness (QED) is 0.695. The topological polar surface area (TPSA) is 18.5 Å². The molecule has 1 aliphatic carbocycles. The lowest BCUT2D eigenvalue weighted by Crippen LogP contribution is -2.17. The van der Waals surface area contributed by atoms with Crippen molar-refractivity contribution in [1.29, 1.82) is 0 Å². The summed E-state index contributed by atoms with van der Waals surface area (Å²) < 4.78 is 11.1. The second kappa shape index (κ2) is 7.71. The molecule has 0 bridgehead atoms. The molecular formula is C18H22O2. The number of aryl methyl sites for hydroxylation is 1. The Balaban J connectivity index is 1.95. The van der Waals surface area contributed by atoms with Crippen molar-refractivity contribution < 1.29 is 9.47 Å². The minimum atomic E-state index is 0.198. The van der Waals surface area contributed by atoms with Crippen LogP contribution in [0.3, 0.4) is 0 Å². The minimum Gasteiger partial charge on any atom is -0.497 e. The molecule has 0 fully saturated rings. The predicted octanol–water partition coefficient (Wildman–Crippen LogP) is 4.09. The molecule has 0 aromatic heterocycles. The molecule has 2 heteroatoms. The van der Waals surface area contributed by atoms with Crippen LogP contribution in [-0.4, -0.2) is 19.8 Å². The van der Waals surface area contributed by atoms with Gasteiger partial charge >= 0.3 is 0 Å². The third-order valence-electron chi connectivity index (χ3n) is 3.46. The van der Waals surface area contributed by atoms with Gasteiger partial charge in [0.15, 0.2) is 0 Å². The highest BCUT2D eigenvalue weighted by Gasteiger charge is 2.15. The molecule has 0 saturated heterocycles. The molecule has 2 rings (SSSR count). The Labute approximate surface area is 121 Å². The summed E-state index contributed by atoms with van der Waals surface area (Å²) in [6.45, 7) is 4.31. The smallest absolute Gasteiger partial charge is 0.119 e. The zero-order chi connectivity index (χ0) is 14.2. The summed E-state index contributed by atoms with van der Waals surface area (Å²) in [5.41, 5.74) is 2.65. The monoisotopic (exact) mass is 270 g/mol. The summed E-state index contributed by atoms with van der Waals surface area (Å²) in [4.78, 5) is 0. The van der Waals surface area contributed by atoms with Gasteiger partial charge in [-0.1, -0.05) is 36.4 Å². The molecule has 0 heterocycles. The maximum absolute atomic E-state index is 5.82. The van der Waals surface area contributed by atoms with E-state index in [1.165, 1.54) is 11.1 Å². The fourth-order valence-corrected chi connectivity index (χ4v) is 2.37. The van der Waals surface area contributed by atoms with Crippen LogP contribution in [0.5, 0.6) is 5.75 Å². The Morgan fingerprint density at radius 1 is 1.35 bits per heavy atom. The van der Waals surface area contributed by atoms with E-state index < -0.39 is 0 Å². The van der Waals surface area contributed by atoms with Crippen LogP contribution in [0, 0.1) is 0 Å². The molecule has 1 aromatic rings. The molecule has 0 spiro atoms. The summed E-state index contributed by atoms with van der Waals surface area (Å²) in [7, 11) is 1.70. The highest BCUT2D eigenvalue weighted by molar-refractivity contribution is 5.30. The van der Waals surface area contributed by atoms with E-state index in [9.17, 15) is 0 Å². The highest BCUT2D eigenvalue weighted by atomic mass is 16.5. The Bertz CT molecular complexity index is 500. The Hall–Kier alpha value is -1.80. The van der Waals surface area contributed by atoms with Gasteiger partial charge in [0.2, 0.25) is 0 Å². The second-order valence-corrected chi connectivity index (χ2v) is 4.87. The van der Waals surface area contributed by atoms with Crippen LogP contribution in [0.4, 0.5) is 0 Å². The van der Waals surface area contributed by atoms with Crippen LogP contribution < -0.4 is 4.74 Å². The zero-order valence-electron chi connectivity index (χ0n) is 12.0. The van der Waals surface area contributed by atoms with E-state index >= 15 is 0 Å². The van der Waals surface area contributed by atoms with Crippen molar-refractivity contribution >= 4 is 0 Å². The zero-order valence-corrected chi connectivity index (χ0v) is 12.0. The van der Waals surface area contributed by atoms with E-state index in [1.54, 1.807) is 13.2 Å². The summed E-state index contributed by atoms with van der Waals surface area (Å²) in [5.74, 6) is 0.916. The molecule has 1 unspecified atom stereocenters. The first-order chi connectivity index (χ1) is 9.83. The van der Waals surface area contributed by atoms with E-state index in [0.717, 1.165) is 25.0 Å². The first-order valence-corrected chi connectivity index (χ1v) is 7.04. The molecule has 0 radical (unpaired) electrons. The number of hydrogen-bond acceptors (Lipinski definition) is 2. The average molecular weight is 270 g/mol. The van der Waals surface area contributed by atoms with E-state index in [4.69, 9.17) is 9.47 Å². The number of rotatable bonds is 7. The lowest BCUT2D eigenvalue weighted by molar-refractivity contribution is 0.0995. The lowest BCUT2D eigenvalue weighted by atomic mass is 9.95. The molecule has 2 nitrogen and oxygen atoms in total. The van der Waals surface area contributed by atoms with E-state index in [2.05, 4.69) is 36.9 Å². The number of allylic oxidation sites excluding steroid dienone is 2. The first-order valence-electron chi connectivity index (χ1n) is 7.04. The summed E-state index contributed by atoms with van der Waals surface area (Å²) in [6, 6.07) is 8.25. The molecule has 0 saturated carbocycles. The van der Waals surface area contributed by atoms with Crippen molar-refractivity contribution in [3.05, 3.63) is 66.3 Å². The Morgan fingerprint density at radius 2 is 2.25 bits per heavy atom. The first kappa shape index (κ1) is 14.6. The molecule has 0 amide bonds. The SMILES string of the molecule is C=CCOC1CC=CC=C1CCc1cccc(OC)c1. The molecule has 0 N–H and O–H groups in total. The van der Waals surface area contributed by atoms with Crippen LogP contribution >= 0.6 is 0 Å². The third-order valence-corrected chi connectivity index (χ3v) is 3.46. The van der Waals surface area contributed by atoms with Crippen molar-refractivity contribution in [2.24, 2.45) is 0 Å². The van der Waals surface area contributed by atoms with Crippen LogP contribution in [-0.2, 0) is 11.2 Å². The summed E-state index contributed by atoms with van der Waals surface area (Å²) >= 11 is 0. The fourth-order valence-electron chi connectivity index (χ4n) is 2.37. The lowest BCUT2D eigenvalue weighted by Gasteiger charge is -2.21. The Kier molecular flexibility index (Phi) is 5.63. The standard InChI is InChI=1S/C18H22O2/c1-3-13-20-18-10-5-4-8-16(18)12-11-15-7-6-9-17(14-15)19-2/h3-9,14,18H,1,10-13H2,2H3. The Morgan fingerprint density at radius 3 is 3.05 bits per heavy atom. The van der Waals surface area contributed by atoms with Crippen molar-refractivity contribution in [2.45, 2.75) is 25.4 Å². The van der Waals surface area contributed by atoms with Gasteiger partial charge in [0.05, 0.1) is 19.8 Å². The van der Waals surface area contributed by atoms with Gasteiger partial charge in [0, 0.05) is 0 Å². The van der Waals surface area contributed by atoms with Gasteiger partial charge in [0.1, 0.15) is 5.75 Å². The van der Waals surface area contributed by atoms with Gasteiger partial charge in [-0.15, -0.1) is 6.58 Å². The number of hydrogen-bond donors (Lipinski definition) is 0. The van der Waals surface area contributed by atoms with Crippen molar-refractivity contribution in [3.63, 3.8) is 0 Å². The highest BCUT2D eigenvalue weighted by Crippen LogP contribution is 2.23. The summed E-state index contributed by atoms with van der Waals surface area (Å²) in [6.07, 6.45) is 11.4. The van der Waals surface area contributed by atoms with Crippen molar-refractivity contribution in [1.82, 2.24) is 0 Å². The largest absolute Gasteiger partial charge is 0.497 e. The molecular weight excluding hydrogens is 248 g/mol. The van der Waals surface area contributed by atoms with Crippen molar-refractivity contribution in [2.75, 3.05) is 13.7 Å². The van der Waals surface area contributed by atoms with Gasteiger partial charge in [-0.3, -0.25) is 0 Å². The maximum atomic E-state index is 5.82. The van der Waals surface area contributed by atoms with Gasteiger partial charge in [0.25, 0.3) is 0 Å². The van der Waals surface area contributed by atoms with Crippen LogP contribution in [0.1, 0.15) is 18.4 Å². The second-order valence-electron chi connectivity index (χ2n) is 4.87. The van der Waals surface area contributed by atoms with E-state index in [0.29, 0.717) is 6.61 Å². The van der Waals surface area contributed by atoms with Crippen LogP contribution in [0.15, 0.2) is 60.7 Å². The maximum Gasteiger partial charge on any atom is 0.119 e. The molecule has 0 aliphatic heterocycles. The van der Waals surface area contributed by atoms with E-state index in [-0.39, 0.29) is 6.10 Å². The molecule has 106 valence electrons. The normalized spacial score (nSPS) is 17.6. The van der Waals surface area contributed by atoms with Crippen LogP contribution in [0.25, 0.3) is 0 Å². The van der Waals surface area contributed by atoms with E-state index in [1.807, 2.05) is 12.1 Å². The molecule has 1 aliphatic rings. The van der Waals surface area contributed by atoms with Gasteiger partial charge < -0.3 is 9.47 Å². The average Bonchev–Trinajstić information content (AvgIpc) is 2.52. The minimum absolute atomic E-state index is 0.198. The predicted molar refractivity (Wildman–Crippen MR) is 83.1 cm³/mol. The van der Waals surface area contributed by atoms with Gasteiger partial charge in [-0.2, -0.15) is 0 Å². The van der Waals surface area contributed by atoms with Crippen LogP contribution in [0.2, 0.25) is 0 Å². The summed E-state index contributed by atoms with van der Waals surface area (Å²) in [5, 5.41) is 0. The van der Waals surface area contributed by atoms with Crippen molar-refractivity contribution in [3.8, 4) is 5.75 Å². The molecule has 20 heavy (non-hydrogen) atoms. The number of methoxy groups -OCH3 is 1. The fraction of sp³-hybridized carbons (Fsp3) is 0.333.